The molecule has 1 aromatic heterocycles. The topological polar surface area (TPSA) is 34.4 Å². The molecule has 3 nitrogen and oxygen atoms in total. The van der Waals surface area contributed by atoms with E-state index in [4.69, 9.17) is 9.15 Å². The smallest absolute Gasteiger partial charge is 0.113 e. The van der Waals surface area contributed by atoms with E-state index in [2.05, 4.69) is 5.32 Å². The third kappa shape index (κ3) is 8.30. The van der Waals surface area contributed by atoms with Crippen molar-refractivity contribution in [2.45, 2.75) is 25.5 Å². The summed E-state index contributed by atoms with van der Waals surface area (Å²) in [4.78, 5) is 0. The van der Waals surface area contributed by atoms with E-state index in [0.717, 1.165) is 50.0 Å². The van der Waals surface area contributed by atoms with Crippen molar-refractivity contribution in [3.63, 3.8) is 0 Å². The maximum absolute atomic E-state index is 5.28. The van der Waals surface area contributed by atoms with E-state index in [9.17, 15) is 0 Å². The maximum atomic E-state index is 5.28. The van der Waals surface area contributed by atoms with Crippen LogP contribution in [0.3, 0.4) is 0 Å². The zero-order chi connectivity index (χ0) is 12.2. The molecule has 0 saturated carbocycles. The van der Waals surface area contributed by atoms with Crippen molar-refractivity contribution in [1.82, 2.24) is 5.32 Å². The lowest BCUT2D eigenvalue weighted by molar-refractivity contribution is 0.143. The molecule has 0 aliphatic rings. The minimum Gasteiger partial charge on any atom is -0.468 e. The lowest BCUT2D eigenvalue weighted by atomic mass is 10.3. The van der Waals surface area contributed by atoms with Gasteiger partial charge in [-0.05, 0) is 38.4 Å². The van der Waals surface area contributed by atoms with E-state index in [1.54, 1.807) is 6.26 Å². The van der Waals surface area contributed by atoms with E-state index >= 15 is 0 Å². The number of rotatable bonds is 11. The first-order valence-electron chi connectivity index (χ1n) is 6.32. The molecule has 4 heteroatoms. The van der Waals surface area contributed by atoms with Crippen LogP contribution in [0, 0.1) is 0 Å². The first-order chi connectivity index (χ1) is 8.43. The highest BCUT2D eigenvalue weighted by atomic mass is 32.2. The van der Waals surface area contributed by atoms with E-state index in [-0.39, 0.29) is 0 Å². The highest BCUT2D eigenvalue weighted by molar-refractivity contribution is 7.98. The second-order valence-corrected chi connectivity index (χ2v) is 4.89. The lowest BCUT2D eigenvalue weighted by Gasteiger charge is -2.04. The second-order valence-electron chi connectivity index (χ2n) is 3.79. The molecule has 1 heterocycles. The fraction of sp³-hybridized carbons (Fsp3) is 0.692. The molecule has 0 spiro atoms. The molecule has 0 unspecified atom stereocenters. The van der Waals surface area contributed by atoms with Crippen LogP contribution in [0.15, 0.2) is 22.8 Å². The molecule has 0 fully saturated rings. The molecule has 0 radical (unpaired) electrons. The average molecular weight is 257 g/mol. The minimum absolute atomic E-state index is 0.830. The minimum atomic E-state index is 0.830. The molecule has 0 atom stereocenters. The van der Waals surface area contributed by atoms with Crippen molar-refractivity contribution >= 4 is 11.8 Å². The number of furan rings is 1. The van der Waals surface area contributed by atoms with E-state index < -0.39 is 0 Å². The van der Waals surface area contributed by atoms with E-state index in [1.807, 2.05) is 30.8 Å². The Balaban J connectivity index is 1.76. The number of hydrogen-bond donors (Lipinski definition) is 1. The molecule has 0 aliphatic heterocycles. The molecular weight excluding hydrogens is 234 g/mol. The predicted octanol–water partition coefficient (Wildman–Crippen LogP) is 2.92. The molecule has 1 N–H and O–H groups in total. The number of unbranched alkanes of at least 4 members (excludes halogenated alkanes) is 1. The van der Waals surface area contributed by atoms with E-state index in [1.165, 1.54) is 6.42 Å². The summed E-state index contributed by atoms with van der Waals surface area (Å²) >= 11 is 1.90. The van der Waals surface area contributed by atoms with Crippen molar-refractivity contribution in [2.75, 3.05) is 32.1 Å². The number of nitrogens with one attached hydrogen (secondary N) is 1. The summed E-state index contributed by atoms with van der Waals surface area (Å²) in [5, 5.41) is 3.44. The van der Waals surface area contributed by atoms with Gasteiger partial charge in [0.2, 0.25) is 0 Å². The molecule has 0 amide bonds. The van der Waals surface area contributed by atoms with Crippen LogP contribution >= 0.6 is 11.8 Å². The van der Waals surface area contributed by atoms with Gasteiger partial charge in [-0.1, -0.05) is 0 Å². The highest BCUT2D eigenvalue weighted by Crippen LogP contribution is 2.11. The third-order valence-corrected chi connectivity index (χ3v) is 3.33. The van der Waals surface area contributed by atoms with Gasteiger partial charge in [0.05, 0.1) is 12.0 Å². The van der Waals surface area contributed by atoms with Gasteiger partial charge in [0, 0.05) is 25.5 Å². The molecule has 0 aromatic carbocycles. The maximum Gasteiger partial charge on any atom is 0.113 e. The Labute approximate surface area is 108 Å². The Morgan fingerprint density at radius 2 is 2.29 bits per heavy atom. The lowest BCUT2D eigenvalue weighted by Crippen LogP contribution is -2.18. The number of thioether (sulfide) groups is 1. The van der Waals surface area contributed by atoms with Gasteiger partial charge in [-0.15, -0.1) is 0 Å². The van der Waals surface area contributed by atoms with Crippen LogP contribution in [0.2, 0.25) is 0 Å². The van der Waals surface area contributed by atoms with Crippen LogP contribution in [0.25, 0.3) is 0 Å². The summed E-state index contributed by atoms with van der Waals surface area (Å²) in [6.07, 6.45) is 4.08. The SMILES string of the molecule is CCOCCCCNCCSCc1ccco1. The van der Waals surface area contributed by atoms with Crippen LogP contribution in [-0.4, -0.2) is 32.1 Å². The molecule has 0 aliphatic carbocycles. The van der Waals surface area contributed by atoms with Gasteiger partial charge < -0.3 is 14.5 Å². The van der Waals surface area contributed by atoms with Crippen molar-refractivity contribution in [2.24, 2.45) is 0 Å². The fourth-order valence-corrected chi connectivity index (χ4v) is 2.23. The van der Waals surface area contributed by atoms with Crippen LogP contribution in [0.5, 0.6) is 0 Å². The van der Waals surface area contributed by atoms with Gasteiger partial charge in [0.1, 0.15) is 5.76 Å². The normalized spacial score (nSPS) is 10.9. The van der Waals surface area contributed by atoms with Gasteiger partial charge in [-0.3, -0.25) is 0 Å². The Kier molecular flexibility index (Phi) is 9.19. The fourth-order valence-electron chi connectivity index (χ4n) is 1.44. The van der Waals surface area contributed by atoms with Gasteiger partial charge in [-0.25, -0.2) is 0 Å². The van der Waals surface area contributed by atoms with Crippen LogP contribution in [0.4, 0.5) is 0 Å². The highest BCUT2D eigenvalue weighted by Gasteiger charge is 1.95. The first-order valence-corrected chi connectivity index (χ1v) is 7.47. The van der Waals surface area contributed by atoms with Crippen molar-refractivity contribution in [3.05, 3.63) is 24.2 Å². The summed E-state index contributed by atoms with van der Waals surface area (Å²) < 4.78 is 10.5. The Bertz CT molecular complexity index is 252. The van der Waals surface area contributed by atoms with Gasteiger partial charge in [0.15, 0.2) is 0 Å². The number of hydrogen-bond acceptors (Lipinski definition) is 4. The first kappa shape index (κ1) is 14.6. The standard InChI is InChI=1S/C13H23NO2S/c1-2-15-9-4-3-7-14-8-11-17-12-13-6-5-10-16-13/h5-6,10,14H,2-4,7-9,11-12H2,1H3. The summed E-state index contributed by atoms with van der Waals surface area (Å²) in [5.74, 6) is 3.16. The average Bonchev–Trinajstić information content (AvgIpc) is 2.85. The molecule has 0 bridgehead atoms. The second kappa shape index (κ2) is 10.7. The van der Waals surface area contributed by atoms with Crippen LogP contribution < -0.4 is 5.32 Å². The van der Waals surface area contributed by atoms with Gasteiger partial charge in [0.25, 0.3) is 0 Å². The zero-order valence-corrected chi connectivity index (χ0v) is 11.4. The van der Waals surface area contributed by atoms with Crippen molar-refractivity contribution < 1.29 is 9.15 Å². The molecular formula is C13H23NO2S. The van der Waals surface area contributed by atoms with Gasteiger partial charge >= 0.3 is 0 Å². The monoisotopic (exact) mass is 257 g/mol. The van der Waals surface area contributed by atoms with Crippen LogP contribution in [-0.2, 0) is 10.5 Å². The zero-order valence-electron chi connectivity index (χ0n) is 10.6. The largest absolute Gasteiger partial charge is 0.468 e. The predicted molar refractivity (Wildman–Crippen MR) is 73.5 cm³/mol. The van der Waals surface area contributed by atoms with Crippen LogP contribution in [0.1, 0.15) is 25.5 Å². The quantitative estimate of drug-likeness (QED) is 0.618. The Morgan fingerprint density at radius 1 is 1.35 bits per heavy atom. The molecule has 17 heavy (non-hydrogen) atoms. The Hall–Kier alpha value is -0.450. The summed E-state index contributed by atoms with van der Waals surface area (Å²) in [6, 6.07) is 3.96. The Morgan fingerprint density at radius 3 is 3.06 bits per heavy atom. The number of ether oxygens (including phenoxy) is 1. The molecule has 98 valence electrons. The van der Waals surface area contributed by atoms with Gasteiger partial charge in [-0.2, -0.15) is 11.8 Å². The molecule has 0 saturated heterocycles. The summed E-state index contributed by atoms with van der Waals surface area (Å²) in [6.45, 7) is 5.92. The summed E-state index contributed by atoms with van der Waals surface area (Å²) in [5.41, 5.74) is 0. The molecule has 1 aromatic rings. The van der Waals surface area contributed by atoms with Crippen molar-refractivity contribution in [1.29, 1.82) is 0 Å². The third-order valence-electron chi connectivity index (χ3n) is 2.34. The van der Waals surface area contributed by atoms with E-state index in [0.29, 0.717) is 0 Å². The molecule has 1 rings (SSSR count). The summed E-state index contributed by atoms with van der Waals surface area (Å²) in [7, 11) is 0. The van der Waals surface area contributed by atoms with Crippen molar-refractivity contribution in [3.8, 4) is 0 Å².